The molecule has 0 saturated carbocycles. The number of halogens is 1. The maximum absolute atomic E-state index is 3.60. The molecule has 0 aliphatic carbocycles. The van der Waals surface area contributed by atoms with Crippen LogP contribution in [0.15, 0.2) is 16.6 Å². The maximum Gasteiger partial charge on any atom is 0.0346 e. The molecule has 0 radical (unpaired) electrons. The van der Waals surface area contributed by atoms with Crippen molar-refractivity contribution < 1.29 is 0 Å². The number of benzene rings is 1. The SMILES string of the molecule is CCCC(C)C(NC)c1cc(C)c(Br)cc1C. The molecular weight excluding hydrogens is 274 g/mol. The first-order chi connectivity index (χ1) is 8.01. The minimum atomic E-state index is 0.460. The Morgan fingerprint density at radius 1 is 1.24 bits per heavy atom. The Hall–Kier alpha value is -0.340. The first kappa shape index (κ1) is 14.7. The highest BCUT2D eigenvalue weighted by Crippen LogP contribution is 2.31. The van der Waals surface area contributed by atoms with Gasteiger partial charge in [0.15, 0.2) is 0 Å². The first-order valence-corrected chi connectivity index (χ1v) is 7.24. The van der Waals surface area contributed by atoms with Crippen molar-refractivity contribution in [3.63, 3.8) is 0 Å². The summed E-state index contributed by atoms with van der Waals surface area (Å²) in [6.45, 7) is 8.94. The van der Waals surface area contributed by atoms with Crippen molar-refractivity contribution in [2.75, 3.05) is 7.05 Å². The van der Waals surface area contributed by atoms with Crippen molar-refractivity contribution >= 4 is 15.9 Å². The molecule has 0 fully saturated rings. The van der Waals surface area contributed by atoms with Gasteiger partial charge in [-0.1, -0.05) is 42.3 Å². The van der Waals surface area contributed by atoms with E-state index in [4.69, 9.17) is 0 Å². The van der Waals surface area contributed by atoms with Crippen LogP contribution in [0.3, 0.4) is 0 Å². The lowest BCUT2D eigenvalue weighted by Gasteiger charge is -2.26. The molecule has 1 nitrogen and oxygen atoms in total. The van der Waals surface area contributed by atoms with Crippen LogP contribution in [0.4, 0.5) is 0 Å². The second kappa shape index (κ2) is 6.55. The van der Waals surface area contributed by atoms with E-state index in [0.717, 1.165) is 0 Å². The Morgan fingerprint density at radius 3 is 2.41 bits per heavy atom. The first-order valence-electron chi connectivity index (χ1n) is 6.45. The minimum Gasteiger partial charge on any atom is -0.313 e. The quantitative estimate of drug-likeness (QED) is 0.826. The summed E-state index contributed by atoms with van der Waals surface area (Å²) in [6, 6.07) is 5.00. The fourth-order valence-corrected chi connectivity index (χ4v) is 2.96. The van der Waals surface area contributed by atoms with Gasteiger partial charge in [0.2, 0.25) is 0 Å². The molecular formula is C15H24BrN. The Morgan fingerprint density at radius 2 is 1.88 bits per heavy atom. The largest absolute Gasteiger partial charge is 0.313 e. The van der Waals surface area contributed by atoms with Gasteiger partial charge in [-0.25, -0.2) is 0 Å². The minimum absolute atomic E-state index is 0.460. The topological polar surface area (TPSA) is 12.0 Å². The lowest BCUT2D eigenvalue weighted by atomic mass is 9.88. The molecule has 0 aliphatic heterocycles. The molecule has 0 saturated heterocycles. The molecule has 0 aliphatic rings. The third-order valence-corrected chi connectivity index (χ3v) is 4.36. The molecule has 0 spiro atoms. The summed E-state index contributed by atoms with van der Waals surface area (Å²) in [7, 11) is 2.06. The molecule has 2 atom stereocenters. The summed E-state index contributed by atoms with van der Waals surface area (Å²) in [5.41, 5.74) is 4.12. The number of hydrogen-bond donors (Lipinski definition) is 1. The normalized spacial score (nSPS) is 14.7. The molecule has 0 heterocycles. The average molecular weight is 298 g/mol. The molecule has 1 rings (SSSR count). The predicted octanol–water partition coefficient (Wildman–Crippen LogP) is 4.76. The van der Waals surface area contributed by atoms with E-state index in [2.05, 4.69) is 68.1 Å². The van der Waals surface area contributed by atoms with Crippen molar-refractivity contribution in [3.8, 4) is 0 Å². The Balaban J connectivity index is 3.07. The monoisotopic (exact) mass is 297 g/mol. The van der Waals surface area contributed by atoms with Crippen molar-refractivity contribution in [2.24, 2.45) is 5.92 Å². The van der Waals surface area contributed by atoms with Crippen molar-refractivity contribution in [1.29, 1.82) is 0 Å². The van der Waals surface area contributed by atoms with Gasteiger partial charge in [0, 0.05) is 10.5 Å². The fourth-order valence-electron chi connectivity index (χ4n) is 2.51. The zero-order chi connectivity index (χ0) is 13.0. The highest BCUT2D eigenvalue weighted by Gasteiger charge is 2.19. The molecule has 2 unspecified atom stereocenters. The van der Waals surface area contributed by atoms with E-state index in [-0.39, 0.29) is 0 Å². The maximum atomic E-state index is 3.60. The number of nitrogens with one attached hydrogen (secondary N) is 1. The number of aryl methyl sites for hydroxylation is 2. The number of rotatable bonds is 5. The van der Waals surface area contributed by atoms with Gasteiger partial charge in [-0.05, 0) is 56.0 Å². The van der Waals surface area contributed by atoms with Gasteiger partial charge in [-0.2, -0.15) is 0 Å². The summed E-state index contributed by atoms with van der Waals surface area (Å²) in [4.78, 5) is 0. The lowest BCUT2D eigenvalue weighted by Crippen LogP contribution is -2.24. The standard InChI is InChI=1S/C15H24BrN/c1-6-7-10(2)15(17-5)13-8-12(4)14(16)9-11(13)3/h8-10,15,17H,6-7H2,1-5H3. The average Bonchev–Trinajstić information content (AvgIpc) is 2.26. The molecule has 0 bridgehead atoms. The molecule has 1 N–H and O–H groups in total. The predicted molar refractivity (Wildman–Crippen MR) is 79.5 cm³/mol. The van der Waals surface area contributed by atoms with Crippen molar-refractivity contribution in [3.05, 3.63) is 33.3 Å². The van der Waals surface area contributed by atoms with Crippen LogP contribution in [-0.2, 0) is 0 Å². The zero-order valence-corrected chi connectivity index (χ0v) is 13.2. The smallest absolute Gasteiger partial charge is 0.0346 e. The van der Waals surface area contributed by atoms with Crippen LogP contribution in [0.5, 0.6) is 0 Å². The molecule has 2 heteroatoms. The molecule has 96 valence electrons. The highest BCUT2D eigenvalue weighted by atomic mass is 79.9. The van der Waals surface area contributed by atoms with E-state index in [9.17, 15) is 0 Å². The Kier molecular flexibility index (Phi) is 5.68. The Labute approximate surface area is 114 Å². The van der Waals surface area contributed by atoms with Gasteiger partial charge < -0.3 is 5.32 Å². The Bertz CT molecular complexity index is 373. The second-order valence-electron chi connectivity index (χ2n) is 4.99. The highest BCUT2D eigenvalue weighted by molar-refractivity contribution is 9.10. The second-order valence-corrected chi connectivity index (χ2v) is 5.84. The van der Waals surface area contributed by atoms with Gasteiger partial charge in [-0.15, -0.1) is 0 Å². The summed E-state index contributed by atoms with van der Waals surface area (Å²) in [6.07, 6.45) is 2.51. The van der Waals surface area contributed by atoms with Gasteiger partial charge >= 0.3 is 0 Å². The van der Waals surface area contributed by atoms with E-state index in [1.807, 2.05) is 0 Å². The van der Waals surface area contributed by atoms with Gasteiger partial charge in [0.1, 0.15) is 0 Å². The number of hydrogen-bond acceptors (Lipinski definition) is 1. The van der Waals surface area contributed by atoms with Crippen LogP contribution in [-0.4, -0.2) is 7.05 Å². The van der Waals surface area contributed by atoms with Crippen LogP contribution < -0.4 is 5.32 Å². The lowest BCUT2D eigenvalue weighted by molar-refractivity contribution is 0.382. The van der Waals surface area contributed by atoms with Gasteiger partial charge in [-0.3, -0.25) is 0 Å². The molecule has 0 aromatic heterocycles. The van der Waals surface area contributed by atoms with Crippen molar-refractivity contribution in [2.45, 2.75) is 46.6 Å². The molecule has 1 aromatic rings. The summed E-state index contributed by atoms with van der Waals surface area (Å²) < 4.78 is 1.21. The summed E-state index contributed by atoms with van der Waals surface area (Å²) >= 11 is 3.60. The third kappa shape index (κ3) is 3.56. The zero-order valence-electron chi connectivity index (χ0n) is 11.6. The van der Waals surface area contributed by atoms with E-state index in [0.29, 0.717) is 12.0 Å². The van der Waals surface area contributed by atoms with Crippen LogP contribution in [0.2, 0.25) is 0 Å². The van der Waals surface area contributed by atoms with E-state index >= 15 is 0 Å². The van der Waals surface area contributed by atoms with E-state index < -0.39 is 0 Å². The third-order valence-electron chi connectivity index (χ3n) is 3.51. The van der Waals surface area contributed by atoms with Crippen LogP contribution in [0.25, 0.3) is 0 Å². The van der Waals surface area contributed by atoms with Crippen molar-refractivity contribution in [1.82, 2.24) is 5.32 Å². The fraction of sp³-hybridized carbons (Fsp3) is 0.600. The van der Waals surface area contributed by atoms with Gasteiger partial charge in [0.05, 0.1) is 0 Å². The molecule has 0 amide bonds. The van der Waals surface area contributed by atoms with Gasteiger partial charge in [0.25, 0.3) is 0 Å². The summed E-state index contributed by atoms with van der Waals surface area (Å²) in [5, 5.41) is 3.48. The van der Waals surface area contributed by atoms with Crippen LogP contribution in [0.1, 0.15) is 49.4 Å². The van der Waals surface area contributed by atoms with E-state index in [1.54, 1.807) is 0 Å². The summed E-state index contributed by atoms with van der Waals surface area (Å²) in [5.74, 6) is 0.671. The van der Waals surface area contributed by atoms with Crippen LogP contribution >= 0.6 is 15.9 Å². The van der Waals surface area contributed by atoms with E-state index in [1.165, 1.54) is 34.0 Å². The molecule has 1 aromatic carbocycles. The van der Waals surface area contributed by atoms with Crippen LogP contribution in [0, 0.1) is 19.8 Å². The molecule has 17 heavy (non-hydrogen) atoms.